The number of aryl methyl sites for hydroxylation is 2. The molecule has 0 aliphatic rings. The van der Waals surface area contributed by atoms with Crippen LogP contribution in [0.3, 0.4) is 0 Å². The molecule has 0 aliphatic carbocycles. The number of nitrogens with one attached hydrogen (secondary N) is 3. The lowest BCUT2D eigenvalue weighted by atomic mass is 10.1. The Bertz CT molecular complexity index is 1280. The molecule has 2 heterocycles. The summed E-state index contributed by atoms with van der Waals surface area (Å²) in [6.45, 7) is 5.73. The molecule has 0 radical (unpaired) electrons. The van der Waals surface area contributed by atoms with Crippen molar-refractivity contribution in [3.63, 3.8) is 0 Å². The van der Waals surface area contributed by atoms with Gasteiger partial charge in [-0.15, -0.1) is 5.10 Å². The second-order valence-corrected chi connectivity index (χ2v) is 8.13. The number of aromatic nitrogens is 5. The first-order valence-electron chi connectivity index (χ1n) is 10.1. The van der Waals surface area contributed by atoms with Crippen molar-refractivity contribution in [3.05, 3.63) is 47.1 Å². The molecule has 0 aliphatic heterocycles. The summed E-state index contributed by atoms with van der Waals surface area (Å²) >= 11 is 6.51. The van der Waals surface area contributed by atoms with E-state index in [-0.39, 0.29) is 18.6 Å². The van der Waals surface area contributed by atoms with E-state index in [2.05, 4.69) is 30.9 Å². The number of carbonyl (C=O) groups excluding carboxylic acids is 1. The predicted molar refractivity (Wildman–Crippen MR) is 124 cm³/mol. The van der Waals surface area contributed by atoms with Crippen LogP contribution in [-0.2, 0) is 11.8 Å². The maximum Gasteiger partial charge on any atom is 0.258 e. The first-order chi connectivity index (χ1) is 15.3. The molecule has 4 aromatic rings. The second kappa shape index (κ2) is 8.88. The van der Waals surface area contributed by atoms with Crippen LogP contribution in [0, 0.1) is 6.92 Å². The van der Waals surface area contributed by atoms with E-state index in [9.17, 15) is 4.79 Å². The molecular weight excluding hydrogens is 430 g/mol. The summed E-state index contributed by atoms with van der Waals surface area (Å²) in [6, 6.07) is 9.39. The smallest absolute Gasteiger partial charge is 0.258 e. The lowest BCUT2D eigenvalue weighted by Gasteiger charge is -2.11. The van der Waals surface area contributed by atoms with E-state index in [1.807, 2.05) is 52.1 Å². The normalized spacial score (nSPS) is 11.2. The Morgan fingerprint density at radius 2 is 2.09 bits per heavy atom. The van der Waals surface area contributed by atoms with Crippen LogP contribution in [0.1, 0.15) is 19.4 Å². The minimum absolute atomic E-state index is 0.0331. The average molecular weight is 454 g/mol. The molecule has 0 saturated heterocycles. The minimum atomic E-state index is -0.156. The highest BCUT2D eigenvalue weighted by atomic mass is 35.5. The summed E-state index contributed by atoms with van der Waals surface area (Å²) in [5.74, 6) is 1.57. The lowest BCUT2D eigenvalue weighted by molar-refractivity contribution is -0.123. The fourth-order valence-corrected chi connectivity index (χ4v) is 3.56. The molecule has 0 saturated carbocycles. The number of anilines is 2. The van der Waals surface area contributed by atoms with E-state index in [1.165, 1.54) is 0 Å². The van der Waals surface area contributed by atoms with Gasteiger partial charge < -0.3 is 15.4 Å². The Morgan fingerprint density at radius 1 is 1.28 bits per heavy atom. The largest absolute Gasteiger partial charge is 0.484 e. The summed E-state index contributed by atoms with van der Waals surface area (Å²) < 4.78 is 7.26. The van der Waals surface area contributed by atoms with Crippen molar-refractivity contribution in [2.45, 2.75) is 26.8 Å². The van der Waals surface area contributed by atoms with Crippen LogP contribution < -0.4 is 15.4 Å². The van der Waals surface area contributed by atoms with Crippen LogP contribution in [-0.4, -0.2) is 43.5 Å². The molecule has 1 amide bonds. The molecule has 32 heavy (non-hydrogen) atoms. The highest BCUT2D eigenvalue weighted by molar-refractivity contribution is 6.38. The van der Waals surface area contributed by atoms with Gasteiger partial charge in [-0.05, 0) is 56.7 Å². The molecule has 0 bridgehead atoms. The number of hydrogen-bond donors (Lipinski definition) is 3. The van der Waals surface area contributed by atoms with Crippen molar-refractivity contribution in [2.24, 2.45) is 7.05 Å². The molecular formula is C22H24ClN7O2. The molecule has 0 fully saturated rings. The number of ether oxygens (including phenoxy) is 1. The Labute approximate surface area is 190 Å². The topological polar surface area (TPSA) is 110 Å². The fourth-order valence-electron chi connectivity index (χ4n) is 3.30. The summed E-state index contributed by atoms with van der Waals surface area (Å²) in [5, 5.41) is 18.9. The number of benzene rings is 2. The third-order valence-electron chi connectivity index (χ3n) is 4.83. The molecule has 3 N–H and O–H groups in total. The van der Waals surface area contributed by atoms with Crippen LogP contribution in [0.15, 0.2) is 36.5 Å². The SMILES string of the molecule is Cc1cc(OCC(=O)NC(C)C)ccc1-c1nc(Nc2ccc3[nH]ncc3c2Cl)n(C)n1. The summed E-state index contributed by atoms with van der Waals surface area (Å²) in [7, 11) is 1.81. The van der Waals surface area contributed by atoms with E-state index in [1.54, 1.807) is 16.9 Å². The van der Waals surface area contributed by atoms with Gasteiger partial charge in [-0.1, -0.05) is 11.6 Å². The predicted octanol–water partition coefficient (Wildman–Crippen LogP) is 3.97. The van der Waals surface area contributed by atoms with Gasteiger partial charge in [0.15, 0.2) is 12.4 Å². The molecule has 2 aromatic heterocycles. The van der Waals surface area contributed by atoms with Gasteiger partial charge in [-0.3, -0.25) is 9.89 Å². The van der Waals surface area contributed by atoms with Crippen molar-refractivity contribution in [1.82, 2.24) is 30.3 Å². The molecule has 0 spiro atoms. The number of amides is 1. The van der Waals surface area contributed by atoms with Crippen molar-refractivity contribution in [1.29, 1.82) is 0 Å². The molecule has 0 unspecified atom stereocenters. The van der Waals surface area contributed by atoms with Gasteiger partial charge in [0.05, 0.1) is 22.4 Å². The first kappa shape index (κ1) is 21.6. The number of rotatable bonds is 7. The third kappa shape index (κ3) is 4.52. The van der Waals surface area contributed by atoms with Gasteiger partial charge in [0.1, 0.15) is 5.75 Å². The molecule has 9 nitrogen and oxygen atoms in total. The Kier molecular flexibility index (Phi) is 6.00. The van der Waals surface area contributed by atoms with Crippen LogP contribution in [0.4, 0.5) is 11.6 Å². The quantitative estimate of drug-likeness (QED) is 0.390. The number of fused-ring (bicyclic) bond motifs is 1. The van der Waals surface area contributed by atoms with Crippen LogP contribution in [0.2, 0.25) is 5.02 Å². The zero-order chi connectivity index (χ0) is 22.8. The van der Waals surface area contributed by atoms with Gasteiger partial charge in [0.25, 0.3) is 5.91 Å². The number of halogens is 1. The number of hydrogen-bond acceptors (Lipinski definition) is 6. The van der Waals surface area contributed by atoms with Crippen molar-refractivity contribution in [2.75, 3.05) is 11.9 Å². The zero-order valence-electron chi connectivity index (χ0n) is 18.2. The second-order valence-electron chi connectivity index (χ2n) is 7.75. The Hall–Kier alpha value is -3.59. The zero-order valence-corrected chi connectivity index (χ0v) is 19.0. The van der Waals surface area contributed by atoms with Gasteiger partial charge >= 0.3 is 0 Å². The first-order valence-corrected chi connectivity index (χ1v) is 10.5. The molecule has 166 valence electrons. The third-order valence-corrected chi connectivity index (χ3v) is 5.23. The number of H-pyrrole nitrogens is 1. The van der Waals surface area contributed by atoms with Gasteiger partial charge in [0.2, 0.25) is 5.95 Å². The van der Waals surface area contributed by atoms with E-state index >= 15 is 0 Å². The van der Waals surface area contributed by atoms with Crippen LogP contribution in [0.5, 0.6) is 5.75 Å². The number of nitrogens with zero attached hydrogens (tertiary/aromatic N) is 4. The van der Waals surface area contributed by atoms with E-state index in [0.717, 1.165) is 22.0 Å². The highest BCUT2D eigenvalue weighted by Gasteiger charge is 2.15. The van der Waals surface area contributed by atoms with Gasteiger partial charge in [-0.25, -0.2) is 4.68 Å². The van der Waals surface area contributed by atoms with E-state index in [4.69, 9.17) is 16.3 Å². The number of carbonyl (C=O) groups is 1. The molecule has 0 atom stereocenters. The van der Waals surface area contributed by atoms with Crippen LogP contribution in [0.25, 0.3) is 22.3 Å². The van der Waals surface area contributed by atoms with Crippen LogP contribution >= 0.6 is 11.6 Å². The monoisotopic (exact) mass is 453 g/mol. The molecule has 2 aromatic carbocycles. The average Bonchev–Trinajstić information content (AvgIpc) is 3.35. The van der Waals surface area contributed by atoms with Gasteiger partial charge in [0, 0.05) is 24.0 Å². The van der Waals surface area contributed by atoms with E-state index in [0.29, 0.717) is 28.2 Å². The maximum absolute atomic E-state index is 11.8. The summed E-state index contributed by atoms with van der Waals surface area (Å²) in [4.78, 5) is 16.4. The Balaban J connectivity index is 1.51. The van der Waals surface area contributed by atoms with Crippen molar-refractivity contribution >= 4 is 40.0 Å². The summed E-state index contributed by atoms with van der Waals surface area (Å²) in [6.07, 6.45) is 1.68. The van der Waals surface area contributed by atoms with Crippen molar-refractivity contribution in [3.8, 4) is 17.1 Å². The van der Waals surface area contributed by atoms with E-state index < -0.39 is 0 Å². The number of aromatic amines is 1. The standard InChI is InChI=1S/C22H24ClN7O2/c1-12(2)25-19(31)11-32-14-5-6-15(13(3)9-14)21-27-22(30(4)29-21)26-18-8-7-17-16(20(18)23)10-24-28-17/h5-10,12H,11H2,1-4H3,(H,24,28)(H,25,31)(H,26,27,29). The summed E-state index contributed by atoms with van der Waals surface area (Å²) in [5.41, 5.74) is 3.37. The molecule has 10 heteroatoms. The molecule has 4 rings (SSSR count). The minimum Gasteiger partial charge on any atom is -0.484 e. The maximum atomic E-state index is 11.8. The van der Waals surface area contributed by atoms with Gasteiger partial charge in [-0.2, -0.15) is 10.1 Å². The fraction of sp³-hybridized carbons (Fsp3) is 0.273. The van der Waals surface area contributed by atoms with Crippen molar-refractivity contribution < 1.29 is 9.53 Å². The highest BCUT2D eigenvalue weighted by Crippen LogP contribution is 2.32. The lowest BCUT2D eigenvalue weighted by Crippen LogP contribution is -2.34. The Morgan fingerprint density at radius 3 is 2.84 bits per heavy atom.